The first-order valence-electron chi connectivity index (χ1n) is 7.70. The summed E-state index contributed by atoms with van der Waals surface area (Å²) in [6.07, 6.45) is 4.27. The van der Waals surface area contributed by atoms with Crippen molar-refractivity contribution in [3.05, 3.63) is 58.3 Å². The minimum absolute atomic E-state index is 0.148. The Bertz CT molecular complexity index is 942. The van der Waals surface area contributed by atoms with Crippen LogP contribution in [0, 0.1) is 6.92 Å². The number of fused-ring (bicyclic) bond motifs is 1. The zero-order chi connectivity index (χ0) is 17.1. The Kier molecular flexibility index (Phi) is 4.33. The average molecular weight is 325 g/mol. The monoisotopic (exact) mass is 325 g/mol. The number of anilines is 1. The van der Waals surface area contributed by atoms with Crippen molar-refractivity contribution in [1.82, 2.24) is 14.5 Å². The van der Waals surface area contributed by atoms with Gasteiger partial charge in [0.25, 0.3) is 5.56 Å². The fourth-order valence-corrected chi connectivity index (χ4v) is 2.70. The molecule has 3 rings (SSSR count). The molecular weight excluding hydrogens is 306 g/mol. The summed E-state index contributed by atoms with van der Waals surface area (Å²) >= 11 is 0. The molecule has 0 fully saturated rings. The van der Waals surface area contributed by atoms with Crippen molar-refractivity contribution in [2.45, 2.75) is 19.9 Å². The van der Waals surface area contributed by atoms with Gasteiger partial charge in [-0.3, -0.25) is 14.2 Å². The van der Waals surface area contributed by atoms with E-state index in [9.17, 15) is 9.59 Å². The maximum Gasteiger partial charge on any atom is 0.293 e. The molecule has 0 saturated carbocycles. The van der Waals surface area contributed by atoms with E-state index in [-0.39, 0.29) is 17.9 Å². The second kappa shape index (κ2) is 6.57. The van der Waals surface area contributed by atoms with Crippen LogP contribution in [-0.2, 0) is 17.8 Å². The Morgan fingerprint density at radius 2 is 2.17 bits per heavy atom. The van der Waals surface area contributed by atoms with Crippen molar-refractivity contribution in [1.29, 1.82) is 0 Å². The van der Waals surface area contributed by atoms with Gasteiger partial charge in [-0.05, 0) is 25.0 Å². The number of nitrogens with zero attached hydrogens (tertiary/aromatic N) is 2. The number of aryl methyl sites for hydroxylation is 1. The number of carbonyl (C=O) groups excluding carboxylic acids is 1. The smallest absolute Gasteiger partial charge is 0.293 e. The quantitative estimate of drug-likeness (QED) is 0.632. The first-order valence-corrected chi connectivity index (χ1v) is 7.70. The number of aromatic amines is 1. The lowest BCUT2D eigenvalue weighted by Crippen LogP contribution is -2.32. The lowest BCUT2D eigenvalue weighted by Gasteiger charge is -2.10. The zero-order valence-corrected chi connectivity index (χ0v) is 13.4. The van der Waals surface area contributed by atoms with E-state index in [1.165, 1.54) is 15.5 Å². The van der Waals surface area contributed by atoms with Gasteiger partial charge >= 0.3 is 0 Å². The molecule has 0 aliphatic rings. The molecule has 1 aromatic carbocycles. The Hall–Kier alpha value is -3.09. The normalized spacial score (nSPS) is 10.9. The highest BCUT2D eigenvalue weighted by Crippen LogP contribution is 2.17. The summed E-state index contributed by atoms with van der Waals surface area (Å²) in [5, 5.41) is 4.22. The summed E-state index contributed by atoms with van der Waals surface area (Å²) in [7, 11) is 0. The minimum atomic E-state index is -0.559. The van der Waals surface area contributed by atoms with Crippen LogP contribution in [0.4, 0.5) is 5.82 Å². The van der Waals surface area contributed by atoms with Gasteiger partial charge in [0.05, 0.1) is 0 Å². The number of nitrogens with one attached hydrogen (secondary N) is 2. The lowest BCUT2D eigenvalue weighted by molar-refractivity contribution is -0.118. The van der Waals surface area contributed by atoms with E-state index >= 15 is 0 Å². The third-order valence-electron chi connectivity index (χ3n) is 3.93. The number of benzene rings is 1. The molecule has 4 N–H and O–H groups in total. The summed E-state index contributed by atoms with van der Waals surface area (Å²) in [5.74, 6) is -0.335. The highest BCUT2D eigenvalue weighted by Gasteiger charge is 2.10. The van der Waals surface area contributed by atoms with Crippen molar-refractivity contribution in [2.75, 3.05) is 11.9 Å². The van der Waals surface area contributed by atoms with Gasteiger partial charge in [-0.1, -0.05) is 18.2 Å². The summed E-state index contributed by atoms with van der Waals surface area (Å²) in [4.78, 5) is 30.8. The lowest BCUT2D eigenvalue weighted by atomic mass is 10.1. The van der Waals surface area contributed by atoms with Crippen LogP contribution in [0.2, 0.25) is 0 Å². The van der Waals surface area contributed by atoms with Crippen molar-refractivity contribution < 1.29 is 4.79 Å². The molecule has 24 heavy (non-hydrogen) atoms. The number of primary amides is 1. The summed E-state index contributed by atoms with van der Waals surface area (Å²) in [6, 6.07) is 8.07. The molecule has 0 spiro atoms. The van der Waals surface area contributed by atoms with E-state index in [0.29, 0.717) is 12.2 Å². The number of hydrogen-bond acceptors (Lipinski definition) is 4. The molecule has 1 amide bonds. The Balaban J connectivity index is 1.73. The summed E-state index contributed by atoms with van der Waals surface area (Å²) < 4.78 is 1.32. The van der Waals surface area contributed by atoms with E-state index in [0.717, 1.165) is 11.9 Å². The molecule has 7 heteroatoms. The largest absolute Gasteiger partial charge is 0.368 e. The van der Waals surface area contributed by atoms with E-state index in [1.54, 1.807) is 13.1 Å². The van der Waals surface area contributed by atoms with E-state index in [2.05, 4.69) is 21.4 Å². The maximum absolute atomic E-state index is 12.4. The first kappa shape index (κ1) is 15.8. The van der Waals surface area contributed by atoms with Gasteiger partial charge < -0.3 is 16.0 Å². The standard InChI is InChI=1S/C17H19N5O2/c1-11-8-21-16(17(24)22(11)10-15(18)23)19-7-6-12-9-20-14-5-3-2-4-13(12)14/h2-5,8-9,20H,6-7,10H2,1H3,(H2,18,23)(H,19,21). The molecule has 0 aliphatic heterocycles. The average Bonchev–Trinajstić information content (AvgIpc) is 2.97. The fraction of sp³-hybridized carbons (Fsp3) is 0.235. The molecule has 0 bridgehead atoms. The van der Waals surface area contributed by atoms with Gasteiger partial charge in [0.15, 0.2) is 5.82 Å². The predicted molar refractivity (Wildman–Crippen MR) is 92.9 cm³/mol. The predicted octanol–water partition coefficient (Wildman–Crippen LogP) is 1.17. The molecule has 124 valence electrons. The van der Waals surface area contributed by atoms with Crippen molar-refractivity contribution in [2.24, 2.45) is 5.73 Å². The number of rotatable bonds is 6. The third kappa shape index (κ3) is 3.15. The number of H-pyrrole nitrogens is 1. The molecule has 7 nitrogen and oxygen atoms in total. The van der Waals surface area contributed by atoms with Crippen LogP contribution in [0.5, 0.6) is 0 Å². The molecular formula is C17H19N5O2. The van der Waals surface area contributed by atoms with Crippen LogP contribution in [0.3, 0.4) is 0 Å². The zero-order valence-electron chi connectivity index (χ0n) is 13.4. The van der Waals surface area contributed by atoms with Gasteiger partial charge in [0.1, 0.15) is 6.54 Å². The van der Waals surface area contributed by atoms with Crippen LogP contribution in [0.1, 0.15) is 11.3 Å². The number of aromatic nitrogens is 3. The molecule has 0 aliphatic carbocycles. The van der Waals surface area contributed by atoms with E-state index < -0.39 is 5.91 Å². The molecule has 2 heterocycles. The van der Waals surface area contributed by atoms with Crippen LogP contribution in [-0.4, -0.2) is 27.0 Å². The minimum Gasteiger partial charge on any atom is -0.368 e. The Labute approximate surface area is 138 Å². The number of para-hydroxylation sites is 1. The summed E-state index contributed by atoms with van der Waals surface area (Å²) in [5.41, 5.74) is 7.70. The van der Waals surface area contributed by atoms with Gasteiger partial charge in [-0.15, -0.1) is 0 Å². The fourth-order valence-electron chi connectivity index (χ4n) is 2.70. The van der Waals surface area contributed by atoms with Gasteiger partial charge in [0, 0.05) is 35.5 Å². The number of amides is 1. The summed E-state index contributed by atoms with van der Waals surface area (Å²) in [6.45, 7) is 2.13. The second-order valence-corrected chi connectivity index (χ2v) is 5.64. The first-order chi connectivity index (χ1) is 11.6. The highest BCUT2D eigenvalue weighted by molar-refractivity contribution is 5.83. The highest BCUT2D eigenvalue weighted by atomic mass is 16.2. The molecule has 2 aromatic heterocycles. The van der Waals surface area contributed by atoms with Gasteiger partial charge in [-0.25, -0.2) is 4.98 Å². The Morgan fingerprint density at radius 3 is 2.96 bits per heavy atom. The SMILES string of the molecule is Cc1cnc(NCCc2c[nH]c3ccccc23)c(=O)n1CC(N)=O. The molecule has 0 saturated heterocycles. The van der Waals surface area contributed by atoms with Crippen LogP contribution in [0.25, 0.3) is 10.9 Å². The van der Waals surface area contributed by atoms with Gasteiger partial charge in [-0.2, -0.15) is 0 Å². The molecule has 3 aromatic rings. The van der Waals surface area contributed by atoms with E-state index in [4.69, 9.17) is 5.73 Å². The molecule has 0 unspecified atom stereocenters. The second-order valence-electron chi connectivity index (χ2n) is 5.64. The van der Waals surface area contributed by atoms with Crippen LogP contribution < -0.4 is 16.6 Å². The number of nitrogens with two attached hydrogens (primary N) is 1. The van der Waals surface area contributed by atoms with Crippen LogP contribution in [0.15, 0.2) is 41.5 Å². The number of hydrogen-bond donors (Lipinski definition) is 3. The van der Waals surface area contributed by atoms with Crippen molar-refractivity contribution >= 4 is 22.6 Å². The maximum atomic E-state index is 12.4. The third-order valence-corrected chi connectivity index (χ3v) is 3.93. The van der Waals surface area contributed by atoms with Crippen molar-refractivity contribution in [3.63, 3.8) is 0 Å². The van der Waals surface area contributed by atoms with Gasteiger partial charge in [0.2, 0.25) is 5.91 Å². The van der Waals surface area contributed by atoms with Crippen molar-refractivity contribution in [3.8, 4) is 0 Å². The Morgan fingerprint density at radius 1 is 1.38 bits per heavy atom. The van der Waals surface area contributed by atoms with E-state index in [1.807, 2.05) is 24.4 Å². The molecule has 0 atom stereocenters. The topological polar surface area (TPSA) is 106 Å². The number of carbonyl (C=O) groups is 1. The van der Waals surface area contributed by atoms with Crippen LogP contribution >= 0.6 is 0 Å². The molecule has 0 radical (unpaired) electrons.